The van der Waals surface area contributed by atoms with Crippen LogP contribution < -0.4 is 0 Å². The lowest BCUT2D eigenvalue weighted by molar-refractivity contribution is -0.157. The highest BCUT2D eigenvalue weighted by Gasteiger charge is 2.29. The number of carbonyl (C=O) groups is 1. The van der Waals surface area contributed by atoms with Gasteiger partial charge in [-0.15, -0.1) is 0 Å². The van der Waals surface area contributed by atoms with Gasteiger partial charge in [-0.2, -0.15) is 0 Å². The Morgan fingerprint density at radius 2 is 1.63 bits per heavy atom. The molecule has 0 saturated heterocycles. The zero-order valence-electron chi connectivity index (χ0n) is 20.9. The van der Waals surface area contributed by atoms with Crippen molar-refractivity contribution in [3.05, 3.63) is 40.0 Å². The fraction of sp³-hybridized carbons (Fsp3) is 0.600. The lowest BCUT2D eigenvalue weighted by atomic mass is 9.94. The van der Waals surface area contributed by atoms with Crippen molar-refractivity contribution in [3.8, 4) is 0 Å². The molecule has 0 saturated carbocycles. The maximum Gasteiger partial charge on any atom is 0.339 e. The van der Waals surface area contributed by atoms with Gasteiger partial charge in [-0.3, -0.25) is 4.98 Å². The van der Waals surface area contributed by atoms with Crippen molar-refractivity contribution in [2.75, 3.05) is 7.11 Å². The molecule has 0 radical (unpaired) electrons. The quantitative estimate of drug-likeness (QED) is 0.444. The van der Waals surface area contributed by atoms with Gasteiger partial charge in [-0.1, -0.05) is 66.5 Å². The first kappa shape index (κ1) is 30.5. The third-order valence-electron chi connectivity index (χ3n) is 3.73. The number of methoxy groups -OCH3 is 1. The SMILES string of the molecule is CC.CC.CCC.CCc1c(C(OC(C)C)C(=O)OC)c(C)nc2ccc(Cl)cc12. The minimum atomic E-state index is -0.786. The van der Waals surface area contributed by atoms with Crippen LogP contribution in [0.4, 0.5) is 0 Å². The summed E-state index contributed by atoms with van der Waals surface area (Å²) in [4.78, 5) is 16.9. The molecule has 2 rings (SSSR count). The van der Waals surface area contributed by atoms with Crippen LogP contribution in [0, 0.1) is 6.92 Å². The van der Waals surface area contributed by atoms with Crippen molar-refractivity contribution >= 4 is 28.5 Å². The Bertz CT molecular complexity index is 745. The average Bonchev–Trinajstić information content (AvgIpc) is 2.74. The van der Waals surface area contributed by atoms with Gasteiger partial charge in [0.25, 0.3) is 0 Å². The van der Waals surface area contributed by atoms with Crippen LogP contribution in [0.1, 0.15) is 91.7 Å². The van der Waals surface area contributed by atoms with Crippen LogP contribution in [0.25, 0.3) is 10.9 Å². The normalized spacial score (nSPS) is 10.7. The highest BCUT2D eigenvalue weighted by Crippen LogP contribution is 2.33. The minimum absolute atomic E-state index is 0.113. The largest absolute Gasteiger partial charge is 0.467 e. The van der Waals surface area contributed by atoms with E-state index in [4.69, 9.17) is 21.1 Å². The summed E-state index contributed by atoms with van der Waals surface area (Å²) in [6.07, 6.45) is 1.09. The van der Waals surface area contributed by atoms with Crippen LogP contribution in [0.5, 0.6) is 0 Å². The summed E-state index contributed by atoms with van der Waals surface area (Å²) in [6.45, 7) is 20.0. The lowest BCUT2D eigenvalue weighted by Gasteiger charge is -2.23. The smallest absolute Gasteiger partial charge is 0.339 e. The first-order valence-corrected chi connectivity index (χ1v) is 11.5. The first-order valence-electron chi connectivity index (χ1n) is 11.1. The maximum atomic E-state index is 12.3. The van der Waals surface area contributed by atoms with Gasteiger partial charge in [0.2, 0.25) is 0 Å². The van der Waals surface area contributed by atoms with Crippen molar-refractivity contribution in [2.45, 2.75) is 94.3 Å². The highest BCUT2D eigenvalue weighted by molar-refractivity contribution is 6.31. The molecule has 1 unspecified atom stereocenters. The molecule has 4 nitrogen and oxygen atoms in total. The number of rotatable bonds is 5. The molecule has 0 fully saturated rings. The molecule has 2 aromatic rings. The average molecular weight is 440 g/mol. The molecule has 1 heterocycles. The molecular formula is C25H42ClNO3. The molecule has 1 aromatic carbocycles. The van der Waals surface area contributed by atoms with Crippen molar-refractivity contribution in [3.63, 3.8) is 0 Å². The number of fused-ring (bicyclic) bond motifs is 1. The van der Waals surface area contributed by atoms with Gasteiger partial charge in [0.15, 0.2) is 6.10 Å². The zero-order valence-corrected chi connectivity index (χ0v) is 21.6. The number of hydrogen-bond acceptors (Lipinski definition) is 4. The van der Waals surface area contributed by atoms with E-state index in [1.807, 2.05) is 73.6 Å². The fourth-order valence-corrected chi connectivity index (χ4v) is 2.97. The van der Waals surface area contributed by atoms with E-state index in [-0.39, 0.29) is 6.10 Å². The number of aromatic nitrogens is 1. The van der Waals surface area contributed by atoms with Crippen molar-refractivity contribution in [1.82, 2.24) is 4.98 Å². The third-order valence-corrected chi connectivity index (χ3v) is 3.96. The predicted molar refractivity (Wildman–Crippen MR) is 131 cm³/mol. The van der Waals surface area contributed by atoms with Crippen LogP contribution in [0.3, 0.4) is 0 Å². The summed E-state index contributed by atoms with van der Waals surface area (Å²) < 4.78 is 10.8. The van der Waals surface area contributed by atoms with Crippen LogP contribution >= 0.6 is 11.6 Å². The van der Waals surface area contributed by atoms with Crippen LogP contribution in [0.2, 0.25) is 5.02 Å². The maximum absolute atomic E-state index is 12.3. The Morgan fingerprint density at radius 1 is 1.10 bits per heavy atom. The van der Waals surface area contributed by atoms with E-state index in [0.29, 0.717) is 5.02 Å². The molecule has 0 aliphatic carbocycles. The van der Waals surface area contributed by atoms with Gasteiger partial charge in [0.1, 0.15) is 0 Å². The summed E-state index contributed by atoms with van der Waals surface area (Å²) in [6, 6.07) is 5.59. The number of esters is 1. The van der Waals surface area contributed by atoms with E-state index < -0.39 is 12.1 Å². The summed E-state index contributed by atoms with van der Waals surface area (Å²) in [5.74, 6) is -0.417. The van der Waals surface area contributed by atoms with Gasteiger partial charge in [0.05, 0.1) is 18.7 Å². The minimum Gasteiger partial charge on any atom is -0.467 e. The van der Waals surface area contributed by atoms with Crippen molar-refractivity contribution < 1.29 is 14.3 Å². The van der Waals surface area contributed by atoms with E-state index in [0.717, 1.165) is 34.1 Å². The van der Waals surface area contributed by atoms with E-state index in [2.05, 4.69) is 18.8 Å². The molecule has 0 bridgehead atoms. The summed E-state index contributed by atoms with van der Waals surface area (Å²) >= 11 is 6.14. The van der Waals surface area contributed by atoms with E-state index in [1.54, 1.807) is 0 Å². The topological polar surface area (TPSA) is 48.4 Å². The predicted octanol–water partition coefficient (Wildman–Crippen LogP) is 7.87. The van der Waals surface area contributed by atoms with Gasteiger partial charge in [-0.05, 0) is 51.0 Å². The fourth-order valence-electron chi connectivity index (χ4n) is 2.80. The monoisotopic (exact) mass is 439 g/mol. The lowest BCUT2D eigenvalue weighted by Crippen LogP contribution is -2.23. The summed E-state index contributed by atoms with van der Waals surface area (Å²) in [5, 5.41) is 1.59. The van der Waals surface area contributed by atoms with E-state index in [9.17, 15) is 4.79 Å². The van der Waals surface area contributed by atoms with E-state index in [1.165, 1.54) is 13.5 Å². The highest BCUT2D eigenvalue weighted by atomic mass is 35.5. The van der Waals surface area contributed by atoms with Crippen LogP contribution in [-0.2, 0) is 20.7 Å². The van der Waals surface area contributed by atoms with Gasteiger partial charge in [0, 0.05) is 21.7 Å². The number of pyridine rings is 1. The number of benzene rings is 1. The molecule has 0 spiro atoms. The number of nitrogens with zero attached hydrogens (tertiary/aromatic N) is 1. The second-order valence-corrected chi connectivity index (χ2v) is 6.84. The summed E-state index contributed by atoms with van der Waals surface area (Å²) in [5.41, 5.74) is 3.43. The molecule has 0 aliphatic heterocycles. The second-order valence-electron chi connectivity index (χ2n) is 6.40. The first-order chi connectivity index (χ1) is 14.3. The molecule has 0 N–H and O–H groups in total. The van der Waals surface area contributed by atoms with Gasteiger partial charge in [-0.25, -0.2) is 4.79 Å². The molecule has 0 aliphatic rings. The molecule has 30 heavy (non-hydrogen) atoms. The van der Waals surface area contributed by atoms with Gasteiger partial charge >= 0.3 is 5.97 Å². The third kappa shape index (κ3) is 9.01. The number of hydrogen-bond donors (Lipinski definition) is 0. The molecule has 1 aromatic heterocycles. The Morgan fingerprint density at radius 3 is 2.07 bits per heavy atom. The van der Waals surface area contributed by atoms with Crippen LogP contribution in [-0.4, -0.2) is 24.2 Å². The van der Waals surface area contributed by atoms with E-state index >= 15 is 0 Å². The number of carbonyl (C=O) groups excluding carboxylic acids is 1. The number of ether oxygens (including phenoxy) is 2. The van der Waals surface area contributed by atoms with Crippen molar-refractivity contribution in [1.29, 1.82) is 0 Å². The standard InChI is InChI=1S/C18H22ClNO3.C3H8.2C2H6/c1-6-13-14-9-12(19)7-8-15(14)20-11(4)16(13)17(18(21)22-5)23-10(2)3;1-3-2;2*1-2/h7-10,17H,6H2,1-5H3;3H2,1-2H3;2*1-2H3. The molecule has 172 valence electrons. The number of halogens is 1. The Hall–Kier alpha value is -1.65. The zero-order chi connectivity index (χ0) is 23.9. The molecule has 5 heteroatoms. The molecule has 0 amide bonds. The number of aryl methyl sites for hydroxylation is 2. The summed E-state index contributed by atoms with van der Waals surface area (Å²) in [7, 11) is 1.37. The van der Waals surface area contributed by atoms with Gasteiger partial charge < -0.3 is 9.47 Å². The Balaban J connectivity index is 0. The Labute approximate surface area is 189 Å². The second kappa shape index (κ2) is 17.1. The molecular weight excluding hydrogens is 398 g/mol. The van der Waals surface area contributed by atoms with Crippen molar-refractivity contribution in [2.24, 2.45) is 0 Å². The molecule has 1 atom stereocenters. The van der Waals surface area contributed by atoms with Crippen LogP contribution in [0.15, 0.2) is 18.2 Å². The Kier molecular flexibility index (Phi) is 17.4.